The highest BCUT2D eigenvalue weighted by molar-refractivity contribution is 9.10. The Kier molecular flexibility index (Phi) is 5.17. The molecular formula is C14H9BrCl2O4S. The van der Waals surface area contributed by atoms with E-state index in [1.807, 2.05) is 0 Å². The molecule has 2 rings (SSSR count). The topological polar surface area (TPSA) is 60.4 Å². The van der Waals surface area contributed by atoms with Crippen LogP contribution in [0, 0.1) is 0 Å². The first-order chi connectivity index (χ1) is 10.2. The molecule has 0 N–H and O–H groups in total. The van der Waals surface area contributed by atoms with Crippen LogP contribution in [-0.4, -0.2) is 14.2 Å². The Morgan fingerprint density at radius 2 is 1.82 bits per heavy atom. The molecule has 0 aromatic heterocycles. The van der Waals surface area contributed by atoms with Gasteiger partial charge in [-0.1, -0.05) is 39.1 Å². The summed E-state index contributed by atoms with van der Waals surface area (Å²) in [5.74, 6) is -0.407. The Hall–Kier alpha value is -1.08. The molecular weight excluding hydrogens is 415 g/mol. The van der Waals surface area contributed by atoms with Gasteiger partial charge in [-0.15, -0.1) is 0 Å². The van der Waals surface area contributed by atoms with Gasteiger partial charge in [0.2, 0.25) is 0 Å². The number of hydrogen-bond donors (Lipinski definition) is 0. The lowest BCUT2D eigenvalue weighted by Crippen LogP contribution is -2.12. The van der Waals surface area contributed by atoms with Gasteiger partial charge in [0, 0.05) is 9.50 Å². The molecule has 0 heterocycles. The Balaban J connectivity index is 2.50. The maximum atomic E-state index is 12.3. The van der Waals surface area contributed by atoms with Crippen molar-refractivity contribution in [3.63, 3.8) is 0 Å². The van der Waals surface area contributed by atoms with Crippen LogP contribution in [-0.2, 0) is 10.1 Å². The van der Waals surface area contributed by atoms with Gasteiger partial charge in [0.15, 0.2) is 11.5 Å². The van der Waals surface area contributed by atoms with Gasteiger partial charge in [-0.3, -0.25) is 4.79 Å². The van der Waals surface area contributed by atoms with Crippen LogP contribution >= 0.6 is 39.1 Å². The van der Waals surface area contributed by atoms with Gasteiger partial charge < -0.3 is 4.18 Å². The van der Waals surface area contributed by atoms with Crippen molar-refractivity contribution in [2.45, 2.75) is 11.8 Å². The number of carbonyl (C=O) groups excluding carboxylic acids is 1. The first kappa shape index (κ1) is 17.3. The second-order valence-electron chi connectivity index (χ2n) is 4.31. The second-order valence-corrected chi connectivity index (χ2v) is 7.58. The van der Waals surface area contributed by atoms with E-state index in [0.717, 1.165) is 0 Å². The van der Waals surface area contributed by atoms with E-state index in [-0.39, 0.29) is 32.0 Å². The number of ketones is 1. The van der Waals surface area contributed by atoms with E-state index in [1.165, 1.54) is 37.3 Å². The van der Waals surface area contributed by atoms with Crippen molar-refractivity contribution in [1.29, 1.82) is 0 Å². The standard InChI is InChI=1S/C14H9BrCl2O4S/c1-8(18)11-6-9(15)2-5-13(11)21-22(19,20)14-7-10(16)3-4-12(14)17/h2-7H,1H3. The SMILES string of the molecule is CC(=O)c1cc(Br)ccc1OS(=O)(=O)c1cc(Cl)ccc1Cl. The molecule has 0 fully saturated rings. The summed E-state index contributed by atoms with van der Waals surface area (Å²) in [4.78, 5) is 11.4. The third-order valence-corrected chi connectivity index (χ3v) is 5.13. The molecule has 0 aliphatic rings. The van der Waals surface area contributed by atoms with E-state index in [1.54, 1.807) is 6.07 Å². The van der Waals surface area contributed by atoms with Crippen molar-refractivity contribution >= 4 is 55.0 Å². The third kappa shape index (κ3) is 3.81. The molecule has 0 radical (unpaired) electrons. The van der Waals surface area contributed by atoms with Crippen LogP contribution in [0.5, 0.6) is 5.75 Å². The van der Waals surface area contributed by atoms with E-state index >= 15 is 0 Å². The molecule has 4 nitrogen and oxygen atoms in total. The number of carbonyl (C=O) groups is 1. The maximum absolute atomic E-state index is 12.3. The van der Waals surface area contributed by atoms with Gasteiger partial charge in [-0.2, -0.15) is 8.42 Å². The van der Waals surface area contributed by atoms with Crippen molar-refractivity contribution < 1.29 is 17.4 Å². The quantitative estimate of drug-likeness (QED) is 0.527. The number of Topliss-reactive ketones (excluding diaryl/α,β-unsaturated/α-hetero) is 1. The molecule has 0 saturated heterocycles. The highest BCUT2D eigenvalue weighted by atomic mass is 79.9. The average Bonchev–Trinajstić information content (AvgIpc) is 2.43. The van der Waals surface area contributed by atoms with E-state index in [2.05, 4.69) is 15.9 Å². The first-order valence-electron chi connectivity index (χ1n) is 5.91. The molecule has 0 bridgehead atoms. The molecule has 0 amide bonds. The molecule has 0 unspecified atom stereocenters. The minimum absolute atomic E-state index is 0.0223. The largest absolute Gasteiger partial charge is 0.378 e. The Morgan fingerprint density at radius 1 is 1.14 bits per heavy atom. The minimum atomic E-state index is -4.22. The van der Waals surface area contributed by atoms with Gasteiger partial charge >= 0.3 is 10.1 Å². The van der Waals surface area contributed by atoms with Crippen molar-refractivity contribution in [1.82, 2.24) is 0 Å². The van der Waals surface area contributed by atoms with Crippen LogP contribution in [0.25, 0.3) is 0 Å². The summed E-state index contributed by atoms with van der Waals surface area (Å²) in [6.45, 7) is 1.31. The van der Waals surface area contributed by atoms with Crippen molar-refractivity contribution in [3.05, 3.63) is 56.5 Å². The Labute approximate surface area is 146 Å². The van der Waals surface area contributed by atoms with Gasteiger partial charge in [0.25, 0.3) is 0 Å². The zero-order chi connectivity index (χ0) is 16.5. The van der Waals surface area contributed by atoms with Crippen LogP contribution in [0.4, 0.5) is 0 Å². The lowest BCUT2D eigenvalue weighted by atomic mass is 10.1. The van der Waals surface area contributed by atoms with Crippen LogP contribution in [0.2, 0.25) is 10.0 Å². The van der Waals surface area contributed by atoms with Crippen LogP contribution in [0.3, 0.4) is 0 Å². The molecule has 0 aliphatic carbocycles. The zero-order valence-electron chi connectivity index (χ0n) is 11.1. The Morgan fingerprint density at radius 3 is 2.45 bits per heavy atom. The lowest BCUT2D eigenvalue weighted by Gasteiger charge is -2.11. The van der Waals surface area contributed by atoms with Gasteiger partial charge in [0.1, 0.15) is 4.90 Å². The molecule has 0 atom stereocenters. The molecule has 116 valence electrons. The predicted octanol–water partition coefficient (Wildman–Crippen LogP) is 4.73. The van der Waals surface area contributed by atoms with Gasteiger partial charge in [-0.05, 0) is 43.3 Å². The summed E-state index contributed by atoms with van der Waals surface area (Å²) in [7, 11) is -4.22. The van der Waals surface area contributed by atoms with E-state index < -0.39 is 10.1 Å². The van der Waals surface area contributed by atoms with E-state index in [9.17, 15) is 13.2 Å². The molecule has 0 saturated carbocycles. The highest BCUT2D eigenvalue weighted by Crippen LogP contribution is 2.30. The smallest absolute Gasteiger partial charge is 0.340 e. The van der Waals surface area contributed by atoms with E-state index in [4.69, 9.17) is 27.4 Å². The van der Waals surface area contributed by atoms with Gasteiger partial charge in [-0.25, -0.2) is 0 Å². The Bertz CT molecular complexity index is 850. The van der Waals surface area contributed by atoms with Crippen molar-refractivity contribution in [2.75, 3.05) is 0 Å². The number of hydrogen-bond acceptors (Lipinski definition) is 4. The highest BCUT2D eigenvalue weighted by Gasteiger charge is 2.23. The van der Waals surface area contributed by atoms with Crippen LogP contribution in [0.1, 0.15) is 17.3 Å². The minimum Gasteiger partial charge on any atom is -0.378 e. The zero-order valence-corrected chi connectivity index (χ0v) is 15.1. The first-order valence-corrected chi connectivity index (χ1v) is 8.86. The fourth-order valence-corrected chi connectivity index (χ4v) is 3.73. The number of halogens is 3. The molecule has 8 heteroatoms. The normalized spacial score (nSPS) is 11.3. The van der Waals surface area contributed by atoms with Crippen molar-refractivity contribution in [3.8, 4) is 5.75 Å². The monoisotopic (exact) mass is 422 g/mol. The molecule has 2 aromatic carbocycles. The summed E-state index contributed by atoms with van der Waals surface area (Å²) in [5, 5.41) is 0.181. The molecule has 0 aliphatic heterocycles. The third-order valence-electron chi connectivity index (χ3n) is 2.68. The fourth-order valence-electron chi connectivity index (χ4n) is 1.68. The molecule has 22 heavy (non-hydrogen) atoms. The summed E-state index contributed by atoms with van der Waals surface area (Å²) in [6, 6.07) is 8.43. The molecule has 2 aromatic rings. The van der Waals surface area contributed by atoms with Crippen LogP contribution < -0.4 is 4.18 Å². The number of benzene rings is 2. The average molecular weight is 424 g/mol. The van der Waals surface area contributed by atoms with E-state index in [0.29, 0.717) is 4.47 Å². The summed E-state index contributed by atoms with van der Waals surface area (Å²) in [5.41, 5.74) is 0.135. The second kappa shape index (κ2) is 6.58. The van der Waals surface area contributed by atoms with Gasteiger partial charge in [0.05, 0.1) is 10.6 Å². The summed E-state index contributed by atoms with van der Waals surface area (Å²) < 4.78 is 30.4. The lowest BCUT2D eigenvalue weighted by molar-refractivity contribution is 0.101. The fraction of sp³-hybridized carbons (Fsp3) is 0.0714. The summed E-state index contributed by atoms with van der Waals surface area (Å²) >= 11 is 14.9. The molecule has 0 spiro atoms. The summed E-state index contributed by atoms with van der Waals surface area (Å²) in [6.07, 6.45) is 0. The van der Waals surface area contributed by atoms with Crippen molar-refractivity contribution in [2.24, 2.45) is 0 Å². The number of rotatable bonds is 4. The van der Waals surface area contributed by atoms with Crippen LogP contribution in [0.15, 0.2) is 45.8 Å². The maximum Gasteiger partial charge on any atom is 0.340 e. The predicted molar refractivity (Wildman–Crippen MR) is 88.4 cm³/mol.